The Kier molecular flexibility index (Phi) is 8.13. The topological polar surface area (TPSA) is 102 Å². The number of carbonyl (C=O) groups excluding carboxylic acids is 2. The van der Waals surface area contributed by atoms with Gasteiger partial charge in [0.1, 0.15) is 0 Å². The molecule has 3 rings (SSSR count). The van der Waals surface area contributed by atoms with Crippen LogP contribution in [0, 0.1) is 16.0 Å². The summed E-state index contributed by atoms with van der Waals surface area (Å²) in [4.78, 5) is 37.8. The predicted molar refractivity (Wildman–Crippen MR) is 141 cm³/mol. The molecular formula is C25H39N3O6SeSi. The summed E-state index contributed by atoms with van der Waals surface area (Å²) in [5.41, 5.74) is -0.782. The van der Waals surface area contributed by atoms with Crippen LogP contribution in [0.3, 0.4) is 0 Å². The molecule has 1 aromatic carbocycles. The van der Waals surface area contributed by atoms with E-state index in [0.717, 1.165) is 4.46 Å². The van der Waals surface area contributed by atoms with Crippen molar-refractivity contribution >= 4 is 39.6 Å². The zero-order valence-corrected chi connectivity index (χ0v) is 25.4. The Labute approximate surface area is 221 Å². The van der Waals surface area contributed by atoms with Crippen molar-refractivity contribution in [3.8, 4) is 0 Å². The van der Waals surface area contributed by atoms with Gasteiger partial charge in [0.05, 0.1) is 0 Å². The fourth-order valence-corrected chi connectivity index (χ4v) is 8.12. The van der Waals surface area contributed by atoms with Crippen LogP contribution in [0.4, 0.5) is 0 Å². The van der Waals surface area contributed by atoms with E-state index in [1.165, 1.54) is 5.01 Å². The summed E-state index contributed by atoms with van der Waals surface area (Å²) in [5.74, 6) is -1.53. The normalized spacial score (nSPS) is 24.6. The Balaban J connectivity index is 1.92. The summed E-state index contributed by atoms with van der Waals surface area (Å²) in [6, 6.07) is 7.69. The van der Waals surface area contributed by atoms with Gasteiger partial charge in [0, 0.05) is 0 Å². The number of nitro groups is 1. The number of fused-ring (bicyclic) bond motifs is 1. The van der Waals surface area contributed by atoms with Crippen LogP contribution in [-0.2, 0) is 18.8 Å². The van der Waals surface area contributed by atoms with Gasteiger partial charge in [0.2, 0.25) is 0 Å². The van der Waals surface area contributed by atoms with Gasteiger partial charge in [-0.3, -0.25) is 0 Å². The molecule has 0 aliphatic carbocycles. The number of hydrazine groups is 1. The van der Waals surface area contributed by atoms with Crippen LogP contribution < -0.4 is 4.46 Å². The number of carbonyl (C=O) groups is 2. The van der Waals surface area contributed by atoms with E-state index in [4.69, 9.17) is 9.16 Å². The Morgan fingerprint density at radius 1 is 1.17 bits per heavy atom. The van der Waals surface area contributed by atoms with Crippen LogP contribution in [0.1, 0.15) is 48.5 Å². The minimum absolute atomic E-state index is 0.0325. The molecule has 11 heteroatoms. The summed E-state index contributed by atoms with van der Waals surface area (Å²) in [6.45, 7) is 18.0. The third-order valence-electron chi connectivity index (χ3n) is 7.10. The zero-order chi connectivity index (χ0) is 27.2. The molecule has 0 aromatic heterocycles. The fourth-order valence-electron chi connectivity index (χ4n) is 4.42. The molecule has 2 fully saturated rings. The van der Waals surface area contributed by atoms with Crippen molar-refractivity contribution in [2.75, 3.05) is 6.54 Å². The van der Waals surface area contributed by atoms with Crippen molar-refractivity contribution in [2.45, 2.75) is 95.3 Å². The molecule has 0 N–H and O–H groups in total. The van der Waals surface area contributed by atoms with Crippen LogP contribution in [0.5, 0.6) is 0 Å². The summed E-state index contributed by atoms with van der Waals surface area (Å²) < 4.78 is 13.0. The second-order valence-electron chi connectivity index (χ2n) is 12.1. The van der Waals surface area contributed by atoms with Gasteiger partial charge in [-0.05, 0) is 0 Å². The first-order chi connectivity index (χ1) is 16.4. The van der Waals surface area contributed by atoms with Crippen molar-refractivity contribution in [1.29, 1.82) is 0 Å². The summed E-state index contributed by atoms with van der Waals surface area (Å²) >= 11 is -0.538. The van der Waals surface area contributed by atoms with Crippen LogP contribution in [-0.4, -0.2) is 85.4 Å². The molecule has 0 spiro atoms. The number of esters is 1. The number of hydrogen-bond acceptors (Lipinski definition) is 7. The number of rotatable bonds is 8. The molecule has 0 bridgehead atoms. The number of amides is 1. The molecule has 2 heterocycles. The molecule has 36 heavy (non-hydrogen) atoms. The average molecular weight is 585 g/mol. The standard InChI is InChI=1S/C25H39N3O6SeSi/c1-16(34-36(8,9)25(5,6)7)19-21(29)27-20(23(30)33-24(2,3)4)18(15-26(19)27)22(28(31)32)35-17-13-11-10-12-14-17/h10-14,16,18-20,22H,15H2,1-9H3/t16-,18-,19+,20+,22?/m1/s1. The van der Waals surface area contributed by atoms with Gasteiger partial charge >= 0.3 is 222 Å². The van der Waals surface area contributed by atoms with E-state index in [0.29, 0.717) is 0 Å². The maximum absolute atomic E-state index is 13.4. The van der Waals surface area contributed by atoms with Crippen molar-refractivity contribution in [2.24, 2.45) is 5.92 Å². The Morgan fingerprint density at radius 3 is 2.25 bits per heavy atom. The van der Waals surface area contributed by atoms with Gasteiger partial charge in [-0.1, -0.05) is 0 Å². The number of ether oxygens (including phenoxy) is 1. The van der Waals surface area contributed by atoms with Gasteiger partial charge in [0.25, 0.3) is 0 Å². The molecule has 200 valence electrons. The van der Waals surface area contributed by atoms with Gasteiger partial charge in [0.15, 0.2) is 0 Å². The van der Waals surface area contributed by atoms with Gasteiger partial charge in [-0.15, -0.1) is 0 Å². The van der Waals surface area contributed by atoms with E-state index in [1.807, 2.05) is 37.3 Å². The Bertz CT molecular complexity index is 994. The first-order valence-electron chi connectivity index (χ1n) is 12.3. The predicted octanol–water partition coefficient (Wildman–Crippen LogP) is 2.80. The van der Waals surface area contributed by atoms with Crippen molar-refractivity contribution in [3.63, 3.8) is 0 Å². The maximum atomic E-state index is 13.4. The quantitative estimate of drug-likeness (QED) is 0.200. The van der Waals surface area contributed by atoms with Crippen LogP contribution >= 0.6 is 0 Å². The van der Waals surface area contributed by atoms with E-state index >= 15 is 0 Å². The first kappa shape index (κ1) is 28.8. The van der Waals surface area contributed by atoms with E-state index in [2.05, 4.69) is 33.9 Å². The summed E-state index contributed by atoms with van der Waals surface area (Å²) in [7, 11) is -2.16. The Morgan fingerprint density at radius 2 is 1.75 bits per heavy atom. The van der Waals surface area contributed by atoms with Gasteiger partial charge < -0.3 is 0 Å². The number of benzene rings is 1. The summed E-state index contributed by atoms with van der Waals surface area (Å²) in [6.07, 6.45) is -0.402. The molecule has 1 unspecified atom stereocenters. The monoisotopic (exact) mass is 585 g/mol. The van der Waals surface area contributed by atoms with Crippen LogP contribution in [0.25, 0.3) is 0 Å². The van der Waals surface area contributed by atoms with Crippen molar-refractivity contribution < 1.29 is 23.7 Å². The Hall–Kier alpha value is -1.78. The third kappa shape index (κ3) is 5.86. The fraction of sp³-hybridized carbons (Fsp3) is 0.680. The molecule has 2 aliphatic heterocycles. The van der Waals surface area contributed by atoms with E-state index in [-0.39, 0.29) is 22.4 Å². The van der Waals surface area contributed by atoms with Crippen molar-refractivity contribution in [3.05, 3.63) is 40.4 Å². The zero-order valence-electron chi connectivity index (χ0n) is 22.7. The van der Waals surface area contributed by atoms with E-state index < -0.39 is 63.9 Å². The van der Waals surface area contributed by atoms with Crippen molar-refractivity contribution in [1.82, 2.24) is 10.0 Å². The molecular weight excluding hydrogens is 545 g/mol. The minimum atomic E-state index is -2.16. The number of hydrogen-bond donors (Lipinski definition) is 0. The summed E-state index contributed by atoms with van der Waals surface area (Å²) in [5, 5.41) is 15.5. The SMILES string of the molecule is C[C@@H](O[Si](C)(C)C(C)(C)C)[C@H]1C(=O)N2[C@H](C(=O)OC(C)(C)C)[C@H](C([Se]c3ccccc3)[N+](=O)[O-])CN12. The van der Waals surface area contributed by atoms with E-state index in [9.17, 15) is 19.7 Å². The molecule has 2 aliphatic rings. The molecule has 9 nitrogen and oxygen atoms in total. The van der Waals surface area contributed by atoms with Crippen LogP contribution in [0.15, 0.2) is 30.3 Å². The van der Waals surface area contributed by atoms with Crippen LogP contribution in [0.2, 0.25) is 18.1 Å². The second kappa shape index (κ2) is 10.2. The molecule has 1 aromatic rings. The van der Waals surface area contributed by atoms with Gasteiger partial charge in [-0.2, -0.15) is 0 Å². The third-order valence-corrected chi connectivity index (χ3v) is 14.4. The van der Waals surface area contributed by atoms with E-state index in [1.54, 1.807) is 25.8 Å². The molecule has 0 saturated carbocycles. The molecule has 0 radical (unpaired) electrons. The average Bonchev–Trinajstić information content (AvgIpc) is 3.05. The number of nitrogens with zero attached hydrogens (tertiary/aromatic N) is 3. The second-order valence-corrected chi connectivity index (χ2v) is 19.3. The first-order valence-corrected chi connectivity index (χ1v) is 17.1. The van der Waals surface area contributed by atoms with Gasteiger partial charge in [-0.25, -0.2) is 0 Å². The molecule has 5 atom stereocenters. The molecule has 2 saturated heterocycles. The molecule has 1 amide bonds.